The third-order valence-electron chi connectivity index (χ3n) is 2.12. The first-order chi connectivity index (χ1) is 6.99. The van der Waals surface area contributed by atoms with Gasteiger partial charge in [-0.05, 0) is 18.0 Å². The van der Waals surface area contributed by atoms with E-state index in [1.807, 2.05) is 0 Å². The topological polar surface area (TPSA) is 86.7 Å². The van der Waals surface area contributed by atoms with Gasteiger partial charge in [-0.3, -0.25) is 9.59 Å². The number of carbonyl (C=O) groups is 3. The first-order valence-corrected chi connectivity index (χ1v) is 4.82. The van der Waals surface area contributed by atoms with Gasteiger partial charge in [0.05, 0.1) is 0 Å². The van der Waals surface area contributed by atoms with Crippen LogP contribution in [0.4, 0.5) is 4.79 Å². The molecule has 15 heavy (non-hydrogen) atoms. The molecule has 1 atom stereocenters. The fourth-order valence-corrected chi connectivity index (χ4v) is 1.58. The Morgan fingerprint density at radius 1 is 1.47 bits per heavy atom. The summed E-state index contributed by atoms with van der Waals surface area (Å²) in [5, 5.41) is 10.5. The van der Waals surface area contributed by atoms with Gasteiger partial charge in [-0.1, -0.05) is 0 Å². The summed E-state index contributed by atoms with van der Waals surface area (Å²) in [4.78, 5) is 33.3. The van der Waals surface area contributed by atoms with Crippen molar-refractivity contribution in [2.75, 3.05) is 13.1 Å². The number of nitrogens with zero attached hydrogens (tertiary/aromatic N) is 1. The van der Waals surface area contributed by atoms with Gasteiger partial charge in [0.1, 0.15) is 6.42 Å². The Kier molecular flexibility index (Phi) is 3.90. The number of amides is 2. The maximum absolute atomic E-state index is 11.1. The lowest BCUT2D eigenvalue weighted by molar-refractivity contribution is -0.125. The van der Waals surface area contributed by atoms with Crippen LogP contribution in [-0.2, 0) is 9.59 Å². The minimum Gasteiger partial charge on any atom is -0.465 e. The number of halogens is 1. The fraction of sp³-hybridized carbons (Fsp3) is 0.625. The first kappa shape index (κ1) is 11.8. The molecule has 0 aliphatic carbocycles. The minimum absolute atomic E-state index is 0.218. The highest BCUT2D eigenvalue weighted by Gasteiger charge is 2.26. The van der Waals surface area contributed by atoms with E-state index in [4.69, 9.17) is 16.7 Å². The second-order valence-corrected chi connectivity index (χ2v) is 3.74. The minimum atomic E-state index is -1.000. The van der Waals surface area contributed by atoms with Gasteiger partial charge in [-0.15, -0.1) is 0 Å². The van der Waals surface area contributed by atoms with Crippen LogP contribution in [0.25, 0.3) is 0 Å². The summed E-state index contributed by atoms with van der Waals surface area (Å²) in [5.41, 5.74) is 0. The number of hydrogen-bond acceptors (Lipinski definition) is 3. The molecular weight excluding hydrogens is 224 g/mol. The SMILES string of the molecule is O=C(Cl)CC(=O)NC1CCN(C(=O)O)C1. The van der Waals surface area contributed by atoms with E-state index in [-0.39, 0.29) is 19.0 Å². The molecule has 84 valence electrons. The Labute approximate surface area is 91.2 Å². The maximum Gasteiger partial charge on any atom is 0.407 e. The molecular formula is C8H11ClN2O4. The standard InChI is InChI=1S/C8H11ClN2O4/c9-6(12)3-7(13)10-5-1-2-11(4-5)8(14)15/h5H,1-4H2,(H,10,13)(H,14,15). The van der Waals surface area contributed by atoms with Crippen LogP contribution in [0.2, 0.25) is 0 Å². The van der Waals surface area contributed by atoms with Crippen molar-refractivity contribution in [2.24, 2.45) is 0 Å². The molecule has 0 aromatic heterocycles. The second kappa shape index (κ2) is 4.97. The van der Waals surface area contributed by atoms with E-state index in [1.165, 1.54) is 4.90 Å². The predicted octanol–water partition coefficient (Wildman–Crippen LogP) is 0.0104. The van der Waals surface area contributed by atoms with E-state index in [2.05, 4.69) is 5.32 Å². The summed E-state index contributed by atoms with van der Waals surface area (Å²) in [5.74, 6) is -0.466. The van der Waals surface area contributed by atoms with E-state index in [0.717, 1.165) is 0 Å². The molecule has 0 saturated carbocycles. The third kappa shape index (κ3) is 3.75. The number of likely N-dealkylation sites (tertiary alicyclic amines) is 1. The number of carbonyl (C=O) groups excluding carboxylic acids is 2. The smallest absolute Gasteiger partial charge is 0.407 e. The van der Waals surface area contributed by atoms with Crippen LogP contribution in [0, 0.1) is 0 Å². The molecule has 0 radical (unpaired) electrons. The van der Waals surface area contributed by atoms with E-state index in [9.17, 15) is 14.4 Å². The molecule has 1 fully saturated rings. The number of carboxylic acid groups (broad SMARTS) is 1. The van der Waals surface area contributed by atoms with Crippen LogP contribution < -0.4 is 5.32 Å². The Balaban J connectivity index is 2.33. The summed E-state index contributed by atoms with van der Waals surface area (Å²) < 4.78 is 0. The normalized spacial score (nSPS) is 20.1. The molecule has 2 amide bonds. The van der Waals surface area contributed by atoms with E-state index in [1.54, 1.807) is 0 Å². The fourth-order valence-electron chi connectivity index (χ4n) is 1.46. The highest BCUT2D eigenvalue weighted by molar-refractivity contribution is 6.64. The maximum atomic E-state index is 11.1. The number of rotatable bonds is 3. The Morgan fingerprint density at radius 2 is 2.13 bits per heavy atom. The van der Waals surface area contributed by atoms with Crippen LogP contribution in [0.5, 0.6) is 0 Å². The van der Waals surface area contributed by atoms with Crippen molar-refractivity contribution in [3.05, 3.63) is 0 Å². The van der Waals surface area contributed by atoms with Crippen LogP contribution in [0.1, 0.15) is 12.8 Å². The molecule has 1 aliphatic rings. The largest absolute Gasteiger partial charge is 0.465 e. The van der Waals surface area contributed by atoms with Crippen molar-refractivity contribution in [2.45, 2.75) is 18.9 Å². The molecule has 1 heterocycles. The second-order valence-electron chi connectivity index (χ2n) is 3.31. The molecule has 1 saturated heterocycles. The quantitative estimate of drug-likeness (QED) is 0.532. The van der Waals surface area contributed by atoms with Gasteiger partial charge in [-0.25, -0.2) is 4.79 Å². The summed E-state index contributed by atoms with van der Waals surface area (Å²) in [6.45, 7) is 0.659. The van der Waals surface area contributed by atoms with Gasteiger partial charge in [0.25, 0.3) is 0 Å². The zero-order valence-electron chi connectivity index (χ0n) is 7.90. The lowest BCUT2D eigenvalue weighted by atomic mass is 10.2. The van der Waals surface area contributed by atoms with Crippen LogP contribution >= 0.6 is 11.6 Å². The van der Waals surface area contributed by atoms with E-state index >= 15 is 0 Å². The highest BCUT2D eigenvalue weighted by Crippen LogP contribution is 2.09. The molecule has 2 N–H and O–H groups in total. The van der Waals surface area contributed by atoms with E-state index < -0.39 is 17.2 Å². The summed E-state index contributed by atoms with van der Waals surface area (Å²) in [6, 6.07) is -0.218. The third-order valence-corrected chi connectivity index (χ3v) is 2.26. The van der Waals surface area contributed by atoms with E-state index in [0.29, 0.717) is 13.0 Å². The lowest BCUT2D eigenvalue weighted by Crippen LogP contribution is -2.38. The van der Waals surface area contributed by atoms with Gasteiger partial charge in [0.2, 0.25) is 11.1 Å². The molecule has 6 nitrogen and oxygen atoms in total. The highest BCUT2D eigenvalue weighted by atomic mass is 35.5. The molecule has 1 rings (SSSR count). The van der Waals surface area contributed by atoms with Gasteiger partial charge >= 0.3 is 6.09 Å². The Bertz CT molecular complexity index is 294. The molecule has 1 aliphatic heterocycles. The van der Waals surface area contributed by atoms with Gasteiger partial charge < -0.3 is 15.3 Å². The van der Waals surface area contributed by atoms with Crippen LogP contribution in [-0.4, -0.2) is 46.4 Å². The zero-order valence-corrected chi connectivity index (χ0v) is 8.66. The average Bonchev–Trinajstić information content (AvgIpc) is 2.50. The van der Waals surface area contributed by atoms with Crippen molar-refractivity contribution in [3.63, 3.8) is 0 Å². The van der Waals surface area contributed by atoms with Gasteiger partial charge in [0, 0.05) is 19.1 Å². The van der Waals surface area contributed by atoms with Crippen LogP contribution in [0.15, 0.2) is 0 Å². The summed E-state index contributed by atoms with van der Waals surface area (Å²) in [6.07, 6.45) is -0.806. The zero-order chi connectivity index (χ0) is 11.4. The lowest BCUT2D eigenvalue weighted by Gasteiger charge is -2.13. The molecule has 0 spiro atoms. The molecule has 0 aromatic carbocycles. The number of hydrogen-bond donors (Lipinski definition) is 2. The van der Waals surface area contributed by atoms with Crippen molar-refractivity contribution in [1.82, 2.24) is 10.2 Å². The summed E-state index contributed by atoms with van der Waals surface area (Å²) >= 11 is 5.03. The molecule has 0 bridgehead atoms. The Morgan fingerprint density at radius 3 is 2.60 bits per heavy atom. The summed E-state index contributed by atoms with van der Waals surface area (Å²) in [7, 11) is 0. The molecule has 1 unspecified atom stereocenters. The first-order valence-electron chi connectivity index (χ1n) is 4.44. The predicted molar refractivity (Wildman–Crippen MR) is 51.6 cm³/mol. The van der Waals surface area contributed by atoms with Crippen molar-refractivity contribution < 1.29 is 19.5 Å². The molecule has 7 heteroatoms. The van der Waals surface area contributed by atoms with Crippen molar-refractivity contribution in [3.8, 4) is 0 Å². The monoisotopic (exact) mass is 234 g/mol. The van der Waals surface area contributed by atoms with Gasteiger partial charge in [0.15, 0.2) is 0 Å². The van der Waals surface area contributed by atoms with Crippen molar-refractivity contribution in [1.29, 1.82) is 0 Å². The van der Waals surface area contributed by atoms with Gasteiger partial charge in [-0.2, -0.15) is 0 Å². The van der Waals surface area contributed by atoms with Crippen LogP contribution in [0.3, 0.4) is 0 Å². The molecule has 0 aromatic rings. The Hall–Kier alpha value is -1.30. The van der Waals surface area contributed by atoms with Crippen molar-refractivity contribution >= 4 is 28.8 Å². The average molecular weight is 235 g/mol. The number of nitrogens with one attached hydrogen (secondary N) is 1.